The van der Waals surface area contributed by atoms with E-state index in [1.165, 1.54) is 11.8 Å². The third-order valence-corrected chi connectivity index (χ3v) is 4.15. The fraction of sp³-hybridized carbons (Fsp3) is 0.0588. The Morgan fingerprint density at radius 3 is 2.67 bits per heavy atom. The van der Waals surface area contributed by atoms with Crippen LogP contribution < -0.4 is 4.74 Å². The second-order valence-corrected chi connectivity index (χ2v) is 5.43. The molecular formula is C17H12N2OS. The van der Waals surface area contributed by atoms with E-state index in [1.54, 1.807) is 7.11 Å². The number of hydrogen-bond acceptors (Lipinski definition) is 4. The number of ether oxygens (including phenoxy) is 1. The zero-order chi connectivity index (χ0) is 14.7. The highest BCUT2D eigenvalue weighted by molar-refractivity contribution is 7.99. The monoisotopic (exact) mass is 292 g/mol. The van der Waals surface area contributed by atoms with E-state index >= 15 is 0 Å². The lowest BCUT2D eigenvalue weighted by molar-refractivity contribution is 0.405. The molecule has 1 aromatic heterocycles. The van der Waals surface area contributed by atoms with Crippen molar-refractivity contribution in [2.24, 2.45) is 0 Å². The molecule has 0 saturated heterocycles. The summed E-state index contributed by atoms with van der Waals surface area (Å²) in [6.45, 7) is 0. The number of para-hydroxylation sites is 2. The van der Waals surface area contributed by atoms with Crippen molar-refractivity contribution in [3.05, 3.63) is 60.2 Å². The average Bonchev–Trinajstić information content (AvgIpc) is 2.54. The highest BCUT2D eigenvalue weighted by Crippen LogP contribution is 2.36. The van der Waals surface area contributed by atoms with Gasteiger partial charge in [-0.05, 0) is 24.3 Å². The maximum absolute atomic E-state index is 9.35. The number of aromatic nitrogens is 1. The fourth-order valence-corrected chi connectivity index (χ4v) is 3.03. The number of fused-ring (bicyclic) bond motifs is 1. The normalized spacial score (nSPS) is 10.3. The van der Waals surface area contributed by atoms with E-state index in [-0.39, 0.29) is 0 Å². The summed E-state index contributed by atoms with van der Waals surface area (Å²) in [6, 6.07) is 19.6. The molecule has 0 amide bonds. The topological polar surface area (TPSA) is 45.9 Å². The minimum atomic E-state index is 0.574. The SMILES string of the molecule is COc1ccccc1Sc1nc2ccccc2cc1C#N. The van der Waals surface area contributed by atoms with E-state index in [2.05, 4.69) is 11.1 Å². The number of benzene rings is 2. The number of methoxy groups -OCH3 is 1. The van der Waals surface area contributed by atoms with Gasteiger partial charge in [-0.2, -0.15) is 5.26 Å². The van der Waals surface area contributed by atoms with Gasteiger partial charge in [0.2, 0.25) is 0 Å². The Hall–Kier alpha value is -2.51. The number of nitriles is 1. The van der Waals surface area contributed by atoms with Crippen LogP contribution in [0.25, 0.3) is 10.9 Å². The highest BCUT2D eigenvalue weighted by atomic mass is 32.2. The molecule has 102 valence electrons. The molecule has 0 radical (unpaired) electrons. The second-order valence-electron chi connectivity index (χ2n) is 4.40. The number of pyridine rings is 1. The van der Waals surface area contributed by atoms with E-state index in [4.69, 9.17) is 4.74 Å². The maximum Gasteiger partial charge on any atom is 0.132 e. The summed E-state index contributed by atoms with van der Waals surface area (Å²) >= 11 is 1.45. The van der Waals surface area contributed by atoms with E-state index in [0.717, 1.165) is 21.5 Å². The predicted octanol–water partition coefficient (Wildman–Crippen LogP) is 4.27. The molecule has 4 heteroatoms. The van der Waals surface area contributed by atoms with E-state index < -0.39 is 0 Å². The van der Waals surface area contributed by atoms with E-state index in [1.807, 2.05) is 54.6 Å². The first-order chi connectivity index (χ1) is 10.3. The van der Waals surface area contributed by atoms with Crippen molar-refractivity contribution in [1.29, 1.82) is 5.26 Å². The van der Waals surface area contributed by atoms with Crippen LogP contribution in [-0.4, -0.2) is 12.1 Å². The lowest BCUT2D eigenvalue weighted by Crippen LogP contribution is -1.90. The Bertz CT molecular complexity index is 840. The molecule has 3 aromatic rings. The van der Waals surface area contributed by atoms with Gasteiger partial charge in [0.1, 0.15) is 16.8 Å². The van der Waals surface area contributed by atoms with Gasteiger partial charge in [-0.15, -0.1) is 0 Å². The molecule has 2 aromatic carbocycles. The molecular weight excluding hydrogens is 280 g/mol. The Kier molecular flexibility index (Phi) is 3.76. The summed E-state index contributed by atoms with van der Waals surface area (Å²) < 4.78 is 5.35. The standard InChI is InChI=1S/C17H12N2OS/c1-20-15-8-4-5-9-16(15)21-17-13(11-18)10-12-6-2-3-7-14(12)19-17/h2-10H,1H3. The van der Waals surface area contributed by atoms with Crippen molar-refractivity contribution < 1.29 is 4.74 Å². The molecule has 3 nitrogen and oxygen atoms in total. The van der Waals surface area contributed by atoms with Crippen LogP contribution in [0.4, 0.5) is 0 Å². The Labute approximate surface area is 127 Å². The maximum atomic E-state index is 9.35. The first-order valence-corrected chi connectivity index (χ1v) is 7.24. The molecule has 3 rings (SSSR count). The van der Waals surface area contributed by atoms with Crippen LogP contribution in [-0.2, 0) is 0 Å². The van der Waals surface area contributed by atoms with Gasteiger partial charge in [-0.1, -0.05) is 42.1 Å². The van der Waals surface area contributed by atoms with Crippen molar-refractivity contribution in [1.82, 2.24) is 4.98 Å². The summed E-state index contributed by atoms with van der Waals surface area (Å²) in [7, 11) is 1.64. The largest absolute Gasteiger partial charge is 0.496 e. The first-order valence-electron chi connectivity index (χ1n) is 6.42. The summed E-state index contributed by atoms with van der Waals surface area (Å²) in [5.74, 6) is 0.779. The molecule has 0 N–H and O–H groups in total. The van der Waals surface area contributed by atoms with E-state index in [0.29, 0.717) is 10.6 Å². The fourth-order valence-electron chi connectivity index (χ4n) is 2.06. The van der Waals surface area contributed by atoms with Crippen molar-refractivity contribution >= 4 is 22.7 Å². The zero-order valence-electron chi connectivity index (χ0n) is 11.4. The van der Waals surface area contributed by atoms with Crippen LogP contribution in [0.2, 0.25) is 0 Å². The van der Waals surface area contributed by atoms with E-state index in [9.17, 15) is 5.26 Å². The summed E-state index contributed by atoms with van der Waals surface area (Å²) in [6.07, 6.45) is 0. The van der Waals surface area contributed by atoms with Gasteiger partial charge in [-0.25, -0.2) is 4.98 Å². The Morgan fingerprint density at radius 1 is 1.10 bits per heavy atom. The molecule has 0 spiro atoms. The van der Waals surface area contributed by atoms with Crippen molar-refractivity contribution in [3.8, 4) is 11.8 Å². The average molecular weight is 292 g/mol. The smallest absolute Gasteiger partial charge is 0.132 e. The van der Waals surface area contributed by atoms with Crippen molar-refractivity contribution in [3.63, 3.8) is 0 Å². The summed E-state index contributed by atoms with van der Waals surface area (Å²) in [5, 5.41) is 11.0. The van der Waals surface area contributed by atoms with Gasteiger partial charge >= 0.3 is 0 Å². The third-order valence-electron chi connectivity index (χ3n) is 3.09. The van der Waals surface area contributed by atoms with Crippen LogP contribution in [0.1, 0.15) is 5.56 Å². The van der Waals surface area contributed by atoms with Crippen LogP contribution in [0.15, 0.2) is 64.5 Å². The van der Waals surface area contributed by atoms with Crippen LogP contribution in [0, 0.1) is 11.3 Å². The minimum absolute atomic E-state index is 0.574. The molecule has 0 aliphatic heterocycles. The molecule has 0 aliphatic carbocycles. The van der Waals surface area contributed by atoms with Crippen LogP contribution >= 0.6 is 11.8 Å². The number of hydrogen-bond donors (Lipinski definition) is 0. The quantitative estimate of drug-likeness (QED) is 0.723. The molecule has 0 bridgehead atoms. The molecule has 1 heterocycles. The molecule has 0 fully saturated rings. The van der Waals surface area contributed by atoms with Gasteiger partial charge in [0.05, 0.1) is 23.1 Å². The van der Waals surface area contributed by atoms with Crippen molar-refractivity contribution in [2.45, 2.75) is 9.92 Å². The van der Waals surface area contributed by atoms with Gasteiger partial charge < -0.3 is 4.74 Å². The van der Waals surface area contributed by atoms with Gasteiger partial charge in [-0.3, -0.25) is 0 Å². The lowest BCUT2D eigenvalue weighted by Gasteiger charge is -2.09. The van der Waals surface area contributed by atoms with Crippen molar-refractivity contribution in [2.75, 3.05) is 7.11 Å². The Balaban J connectivity index is 2.09. The van der Waals surface area contributed by atoms with Gasteiger partial charge in [0.25, 0.3) is 0 Å². The van der Waals surface area contributed by atoms with Crippen LogP contribution in [0.5, 0.6) is 5.75 Å². The summed E-state index contributed by atoms with van der Waals surface area (Å²) in [5.41, 5.74) is 1.46. The van der Waals surface area contributed by atoms with Gasteiger partial charge in [0, 0.05) is 5.39 Å². The third kappa shape index (κ3) is 2.69. The predicted molar refractivity (Wildman–Crippen MR) is 83.6 cm³/mol. The Morgan fingerprint density at radius 2 is 1.86 bits per heavy atom. The zero-order valence-corrected chi connectivity index (χ0v) is 12.2. The molecule has 0 atom stereocenters. The minimum Gasteiger partial charge on any atom is -0.496 e. The number of rotatable bonds is 3. The lowest BCUT2D eigenvalue weighted by atomic mass is 10.2. The molecule has 0 saturated carbocycles. The second kappa shape index (κ2) is 5.86. The highest BCUT2D eigenvalue weighted by Gasteiger charge is 2.11. The first kappa shape index (κ1) is 13.5. The molecule has 0 aliphatic rings. The molecule has 21 heavy (non-hydrogen) atoms. The summed E-state index contributed by atoms with van der Waals surface area (Å²) in [4.78, 5) is 5.55. The van der Waals surface area contributed by atoms with Crippen LogP contribution in [0.3, 0.4) is 0 Å². The number of nitrogens with zero attached hydrogens (tertiary/aromatic N) is 2. The van der Waals surface area contributed by atoms with Gasteiger partial charge in [0.15, 0.2) is 0 Å². The molecule has 0 unspecified atom stereocenters.